The number of hydrogen-bond donors (Lipinski definition) is 2. The fraction of sp³-hybridized carbons (Fsp3) is 0.467. The van der Waals surface area contributed by atoms with Crippen LogP contribution in [0.1, 0.15) is 42.5 Å². The number of amides is 1. The molecule has 2 rings (SSSR count). The molecule has 0 spiro atoms. The SMILES string of the molecule is O=C(N[C@H]1CCCCC[C@H]1C(=O)O)c1cc(F)ccc1Br. The van der Waals surface area contributed by atoms with Crippen LogP contribution < -0.4 is 5.32 Å². The lowest BCUT2D eigenvalue weighted by molar-refractivity contribution is -0.142. The third-order valence-corrected chi connectivity index (χ3v) is 4.51. The summed E-state index contributed by atoms with van der Waals surface area (Å²) in [7, 11) is 0. The van der Waals surface area contributed by atoms with Gasteiger partial charge in [-0.1, -0.05) is 19.3 Å². The Morgan fingerprint density at radius 1 is 1.24 bits per heavy atom. The number of benzene rings is 1. The summed E-state index contributed by atoms with van der Waals surface area (Å²) in [4.78, 5) is 23.6. The third-order valence-electron chi connectivity index (χ3n) is 3.82. The first-order chi connectivity index (χ1) is 9.99. The van der Waals surface area contributed by atoms with E-state index in [4.69, 9.17) is 0 Å². The van der Waals surface area contributed by atoms with Crippen LogP contribution in [0.4, 0.5) is 4.39 Å². The number of carboxylic acids is 1. The number of hydrogen-bond acceptors (Lipinski definition) is 2. The zero-order valence-corrected chi connectivity index (χ0v) is 13.0. The lowest BCUT2D eigenvalue weighted by Gasteiger charge is -2.23. The van der Waals surface area contributed by atoms with Crippen LogP contribution in [0.3, 0.4) is 0 Å². The Morgan fingerprint density at radius 3 is 2.67 bits per heavy atom. The van der Waals surface area contributed by atoms with Crippen molar-refractivity contribution in [3.8, 4) is 0 Å². The van der Waals surface area contributed by atoms with Gasteiger partial charge >= 0.3 is 5.97 Å². The highest BCUT2D eigenvalue weighted by atomic mass is 79.9. The molecule has 1 amide bonds. The Labute approximate surface area is 130 Å². The van der Waals surface area contributed by atoms with Gasteiger partial charge in [-0.2, -0.15) is 0 Å². The van der Waals surface area contributed by atoms with Crippen molar-refractivity contribution in [2.45, 2.75) is 38.1 Å². The molecule has 1 aromatic rings. The molecule has 21 heavy (non-hydrogen) atoms. The van der Waals surface area contributed by atoms with Gasteiger partial charge in [0.1, 0.15) is 5.82 Å². The van der Waals surface area contributed by atoms with Gasteiger partial charge in [-0.05, 0) is 47.0 Å². The van der Waals surface area contributed by atoms with Gasteiger partial charge in [0.25, 0.3) is 5.91 Å². The van der Waals surface area contributed by atoms with E-state index >= 15 is 0 Å². The minimum absolute atomic E-state index is 0.184. The highest BCUT2D eigenvalue weighted by Gasteiger charge is 2.31. The van der Waals surface area contributed by atoms with Crippen LogP contribution in [0.25, 0.3) is 0 Å². The second-order valence-electron chi connectivity index (χ2n) is 5.29. The van der Waals surface area contributed by atoms with Crippen molar-refractivity contribution < 1.29 is 19.1 Å². The average Bonchev–Trinajstić information content (AvgIpc) is 2.67. The molecule has 114 valence electrons. The summed E-state index contributed by atoms with van der Waals surface area (Å²) >= 11 is 3.21. The summed E-state index contributed by atoms with van der Waals surface area (Å²) < 4.78 is 13.7. The molecule has 2 atom stereocenters. The standard InChI is InChI=1S/C15H17BrFNO3/c16-12-7-6-9(17)8-11(12)14(19)18-13-5-3-1-2-4-10(13)15(20)21/h6-8,10,13H,1-5H2,(H,18,19)(H,20,21)/t10-,13+/m1/s1. The molecule has 0 aliphatic heterocycles. The Balaban J connectivity index is 2.16. The van der Waals surface area contributed by atoms with Gasteiger partial charge in [-0.3, -0.25) is 9.59 Å². The van der Waals surface area contributed by atoms with Gasteiger partial charge in [-0.15, -0.1) is 0 Å². The third kappa shape index (κ3) is 4.03. The molecule has 1 aliphatic carbocycles. The Morgan fingerprint density at radius 2 is 1.95 bits per heavy atom. The lowest BCUT2D eigenvalue weighted by atomic mass is 9.94. The highest BCUT2D eigenvalue weighted by Crippen LogP contribution is 2.25. The maximum absolute atomic E-state index is 13.3. The van der Waals surface area contributed by atoms with Crippen molar-refractivity contribution in [1.82, 2.24) is 5.32 Å². The number of aliphatic carboxylic acids is 1. The van der Waals surface area contributed by atoms with E-state index in [1.165, 1.54) is 12.1 Å². The molecule has 0 radical (unpaired) electrons. The second-order valence-corrected chi connectivity index (χ2v) is 6.14. The zero-order valence-electron chi connectivity index (χ0n) is 11.4. The van der Waals surface area contributed by atoms with E-state index in [1.807, 2.05) is 0 Å². The molecule has 0 aromatic heterocycles. The molecule has 4 nitrogen and oxygen atoms in total. The molecule has 1 fully saturated rings. The average molecular weight is 358 g/mol. The van der Waals surface area contributed by atoms with Gasteiger partial charge in [0.2, 0.25) is 0 Å². The monoisotopic (exact) mass is 357 g/mol. The van der Waals surface area contributed by atoms with Crippen molar-refractivity contribution in [2.75, 3.05) is 0 Å². The molecule has 0 heterocycles. The fourth-order valence-corrected chi connectivity index (χ4v) is 3.12. The summed E-state index contributed by atoms with van der Waals surface area (Å²) in [6, 6.07) is 3.46. The molecule has 1 aliphatic rings. The van der Waals surface area contributed by atoms with E-state index in [9.17, 15) is 19.1 Å². The molecule has 0 saturated heterocycles. The van der Waals surface area contributed by atoms with Crippen LogP contribution in [0.15, 0.2) is 22.7 Å². The van der Waals surface area contributed by atoms with Gasteiger partial charge in [0.05, 0.1) is 11.5 Å². The summed E-state index contributed by atoms with van der Waals surface area (Å²) in [6.07, 6.45) is 3.91. The van der Waals surface area contributed by atoms with Crippen molar-refractivity contribution in [2.24, 2.45) is 5.92 Å². The second kappa shape index (κ2) is 7.02. The quantitative estimate of drug-likeness (QED) is 0.815. The molecule has 2 N–H and O–H groups in total. The maximum atomic E-state index is 13.3. The first-order valence-corrected chi connectivity index (χ1v) is 7.77. The largest absolute Gasteiger partial charge is 0.481 e. The van der Waals surface area contributed by atoms with Crippen molar-refractivity contribution >= 4 is 27.8 Å². The normalized spacial score (nSPS) is 22.4. The predicted molar refractivity (Wildman–Crippen MR) is 79.6 cm³/mol. The zero-order chi connectivity index (χ0) is 15.4. The predicted octanol–water partition coefficient (Wildman–Crippen LogP) is 3.35. The smallest absolute Gasteiger partial charge is 0.308 e. The Bertz CT molecular complexity index is 550. The van der Waals surface area contributed by atoms with Gasteiger partial charge in [0.15, 0.2) is 0 Å². The maximum Gasteiger partial charge on any atom is 0.308 e. The van der Waals surface area contributed by atoms with Crippen molar-refractivity contribution in [3.63, 3.8) is 0 Å². The first kappa shape index (κ1) is 15.9. The minimum Gasteiger partial charge on any atom is -0.481 e. The van der Waals surface area contributed by atoms with Gasteiger partial charge < -0.3 is 10.4 Å². The molecule has 1 saturated carbocycles. The van der Waals surface area contributed by atoms with Crippen LogP contribution in [0, 0.1) is 11.7 Å². The minimum atomic E-state index is -0.888. The van der Waals surface area contributed by atoms with E-state index in [2.05, 4.69) is 21.2 Å². The Hall–Kier alpha value is -1.43. The van der Waals surface area contributed by atoms with Crippen LogP contribution in [-0.2, 0) is 4.79 Å². The van der Waals surface area contributed by atoms with Crippen molar-refractivity contribution in [3.05, 3.63) is 34.1 Å². The highest BCUT2D eigenvalue weighted by molar-refractivity contribution is 9.10. The summed E-state index contributed by atoms with van der Waals surface area (Å²) in [6.45, 7) is 0. The number of carboxylic acid groups (broad SMARTS) is 1. The summed E-state index contributed by atoms with van der Waals surface area (Å²) in [5, 5.41) is 12.1. The van der Waals surface area contributed by atoms with Crippen LogP contribution >= 0.6 is 15.9 Å². The number of halogens is 2. The van der Waals surface area contributed by atoms with Gasteiger partial charge in [-0.25, -0.2) is 4.39 Å². The molecular weight excluding hydrogens is 341 g/mol. The van der Waals surface area contributed by atoms with E-state index in [-0.39, 0.29) is 5.56 Å². The summed E-state index contributed by atoms with van der Waals surface area (Å²) in [5.41, 5.74) is 0.184. The number of carbonyl (C=O) groups is 2. The Kier molecular flexibility index (Phi) is 5.33. The number of rotatable bonds is 3. The van der Waals surface area contributed by atoms with Gasteiger partial charge in [0, 0.05) is 10.5 Å². The van der Waals surface area contributed by atoms with Crippen molar-refractivity contribution in [1.29, 1.82) is 0 Å². The van der Waals surface area contributed by atoms with E-state index in [1.54, 1.807) is 0 Å². The molecular formula is C15H17BrFNO3. The molecule has 1 aromatic carbocycles. The van der Waals surface area contributed by atoms with Crippen LogP contribution in [0.2, 0.25) is 0 Å². The van der Waals surface area contributed by atoms with E-state index in [0.717, 1.165) is 25.3 Å². The van der Waals surface area contributed by atoms with E-state index < -0.39 is 29.7 Å². The number of carbonyl (C=O) groups excluding carboxylic acids is 1. The van der Waals surface area contributed by atoms with Crippen LogP contribution in [0.5, 0.6) is 0 Å². The molecule has 0 bridgehead atoms. The topological polar surface area (TPSA) is 66.4 Å². The first-order valence-electron chi connectivity index (χ1n) is 6.98. The number of nitrogens with one attached hydrogen (secondary N) is 1. The fourth-order valence-electron chi connectivity index (χ4n) is 2.69. The van der Waals surface area contributed by atoms with E-state index in [0.29, 0.717) is 17.3 Å². The molecule has 6 heteroatoms. The summed E-state index contributed by atoms with van der Waals surface area (Å²) in [5.74, 6) is -2.41. The molecule has 0 unspecified atom stereocenters. The van der Waals surface area contributed by atoms with Crippen LogP contribution in [-0.4, -0.2) is 23.0 Å². The lowest BCUT2D eigenvalue weighted by Crippen LogP contribution is -2.43.